The van der Waals surface area contributed by atoms with Crippen LogP contribution in [0.4, 0.5) is 5.13 Å². The molecule has 0 radical (unpaired) electrons. The fraction of sp³-hybridized carbons (Fsp3) is 0.0588. The largest absolute Gasteiger partial charge is 0.301 e. The second-order valence-corrected chi connectivity index (χ2v) is 6.56. The zero-order chi connectivity index (χ0) is 16.8. The van der Waals surface area contributed by atoms with Gasteiger partial charge in [0.15, 0.2) is 5.13 Å². The summed E-state index contributed by atoms with van der Waals surface area (Å²) in [5.41, 5.74) is 2.20. The predicted octanol–water partition coefficient (Wildman–Crippen LogP) is 3.81. The SMILES string of the molecule is N#Cc1ccc(-c2ccccc2)nc1SCC(=O)Nc1nccs1. The molecule has 0 saturated carbocycles. The number of hydrogen-bond donors (Lipinski definition) is 1. The number of aromatic nitrogens is 2. The average Bonchev–Trinajstić information content (AvgIpc) is 3.13. The van der Waals surface area contributed by atoms with Crippen LogP contribution in [0.1, 0.15) is 5.56 Å². The van der Waals surface area contributed by atoms with Crippen LogP contribution >= 0.6 is 23.1 Å². The number of amides is 1. The number of nitrogens with one attached hydrogen (secondary N) is 1. The van der Waals surface area contributed by atoms with E-state index in [1.54, 1.807) is 17.6 Å². The number of nitriles is 1. The van der Waals surface area contributed by atoms with E-state index in [4.69, 9.17) is 0 Å². The van der Waals surface area contributed by atoms with Gasteiger partial charge in [0.05, 0.1) is 17.0 Å². The molecule has 0 bridgehead atoms. The summed E-state index contributed by atoms with van der Waals surface area (Å²) >= 11 is 2.60. The highest BCUT2D eigenvalue weighted by atomic mass is 32.2. The molecule has 1 N–H and O–H groups in total. The Morgan fingerprint density at radius 3 is 2.79 bits per heavy atom. The molecule has 0 atom stereocenters. The lowest BCUT2D eigenvalue weighted by molar-refractivity contribution is -0.113. The number of thioether (sulfide) groups is 1. The van der Waals surface area contributed by atoms with Gasteiger partial charge in [-0.3, -0.25) is 4.79 Å². The van der Waals surface area contributed by atoms with Crippen LogP contribution in [0.3, 0.4) is 0 Å². The Morgan fingerprint density at radius 2 is 2.08 bits per heavy atom. The molecule has 7 heteroatoms. The summed E-state index contributed by atoms with van der Waals surface area (Å²) < 4.78 is 0. The van der Waals surface area contributed by atoms with Crippen LogP contribution in [-0.2, 0) is 4.79 Å². The fourth-order valence-corrected chi connectivity index (χ4v) is 3.30. The van der Waals surface area contributed by atoms with E-state index in [2.05, 4.69) is 21.4 Å². The Kier molecular flexibility index (Phi) is 5.21. The van der Waals surface area contributed by atoms with Crippen molar-refractivity contribution < 1.29 is 4.79 Å². The molecule has 3 aromatic rings. The Labute approximate surface area is 147 Å². The van der Waals surface area contributed by atoms with Gasteiger partial charge in [-0.05, 0) is 12.1 Å². The molecule has 5 nitrogen and oxygen atoms in total. The zero-order valence-electron chi connectivity index (χ0n) is 12.5. The van der Waals surface area contributed by atoms with Crippen molar-refractivity contribution in [1.29, 1.82) is 5.26 Å². The van der Waals surface area contributed by atoms with Crippen LogP contribution in [0, 0.1) is 11.3 Å². The number of rotatable bonds is 5. The average molecular weight is 352 g/mol. The van der Waals surface area contributed by atoms with Crippen molar-refractivity contribution in [2.24, 2.45) is 0 Å². The van der Waals surface area contributed by atoms with Gasteiger partial charge in [0.1, 0.15) is 11.1 Å². The van der Waals surface area contributed by atoms with Gasteiger partial charge in [0.2, 0.25) is 5.91 Å². The number of hydrogen-bond acceptors (Lipinski definition) is 6. The van der Waals surface area contributed by atoms with Crippen molar-refractivity contribution in [3.05, 3.63) is 59.6 Å². The van der Waals surface area contributed by atoms with Crippen LogP contribution in [0.15, 0.2) is 59.1 Å². The molecule has 118 valence electrons. The lowest BCUT2D eigenvalue weighted by Gasteiger charge is -2.06. The van der Waals surface area contributed by atoms with E-state index in [-0.39, 0.29) is 11.7 Å². The number of carbonyl (C=O) groups excluding carboxylic acids is 1. The van der Waals surface area contributed by atoms with E-state index < -0.39 is 0 Å². The van der Waals surface area contributed by atoms with Crippen LogP contribution in [0.2, 0.25) is 0 Å². The molecule has 0 aliphatic heterocycles. The van der Waals surface area contributed by atoms with Gasteiger partial charge >= 0.3 is 0 Å². The molecule has 2 aromatic heterocycles. The fourth-order valence-electron chi connectivity index (χ4n) is 1.98. The minimum Gasteiger partial charge on any atom is -0.301 e. The third-order valence-electron chi connectivity index (χ3n) is 3.07. The molecule has 24 heavy (non-hydrogen) atoms. The number of pyridine rings is 1. The molecule has 3 rings (SSSR count). The van der Waals surface area contributed by atoms with E-state index in [0.29, 0.717) is 15.7 Å². The number of benzene rings is 1. The quantitative estimate of drug-likeness (QED) is 0.707. The topological polar surface area (TPSA) is 78.7 Å². The lowest BCUT2D eigenvalue weighted by Crippen LogP contribution is -2.14. The van der Waals surface area contributed by atoms with E-state index in [1.807, 2.05) is 36.4 Å². The monoisotopic (exact) mass is 352 g/mol. The second-order valence-electron chi connectivity index (χ2n) is 4.70. The van der Waals surface area contributed by atoms with Gasteiger partial charge < -0.3 is 5.32 Å². The Morgan fingerprint density at radius 1 is 1.25 bits per heavy atom. The molecule has 0 aliphatic rings. The molecular weight excluding hydrogens is 340 g/mol. The Balaban J connectivity index is 1.74. The van der Waals surface area contributed by atoms with Gasteiger partial charge in [-0.2, -0.15) is 5.26 Å². The van der Waals surface area contributed by atoms with Crippen LogP contribution in [0.5, 0.6) is 0 Å². The van der Waals surface area contributed by atoms with Gasteiger partial charge in [0.25, 0.3) is 0 Å². The molecule has 1 amide bonds. The smallest absolute Gasteiger partial charge is 0.236 e. The van der Waals surface area contributed by atoms with Crippen molar-refractivity contribution in [2.75, 3.05) is 11.1 Å². The highest BCUT2D eigenvalue weighted by molar-refractivity contribution is 8.00. The van der Waals surface area contributed by atoms with Gasteiger partial charge in [-0.25, -0.2) is 9.97 Å². The maximum absolute atomic E-state index is 12.0. The zero-order valence-corrected chi connectivity index (χ0v) is 14.1. The van der Waals surface area contributed by atoms with E-state index in [9.17, 15) is 10.1 Å². The first-order chi connectivity index (χ1) is 11.8. The highest BCUT2D eigenvalue weighted by Crippen LogP contribution is 2.25. The summed E-state index contributed by atoms with van der Waals surface area (Å²) in [6.45, 7) is 0. The molecule has 0 fully saturated rings. The third kappa shape index (κ3) is 3.98. The molecule has 0 saturated heterocycles. The summed E-state index contributed by atoms with van der Waals surface area (Å²) in [6, 6.07) is 15.4. The lowest BCUT2D eigenvalue weighted by atomic mass is 10.1. The van der Waals surface area contributed by atoms with E-state index >= 15 is 0 Å². The normalized spacial score (nSPS) is 10.1. The van der Waals surface area contributed by atoms with Crippen molar-refractivity contribution >= 4 is 34.1 Å². The standard InChI is InChI=1S/C17H12N4OS2/c18-10-13-6-7-14(12-4-2-1-3-5-12)20-16(13)24-11-15(22)21-17-19-8-9-23-17/h1-9H,11H2,(H,19,21,22). The van der Waals surface area contributed by atoms with E-state index in [1.165, 1.54) is 23.1 Å². The molecule has 0 spiro atoms. The molecule has 0 aliphatic carbocycles. The van der Waals surface area contributed by atoms with Crippen molar-refractivity contribution in [1.82, 2.24) is 9.97 Å². The summed E-state index contributed by atoms with van der Waals surface area (Å²) in [5, 5.41) is 14.9. The van der Waals surface area contributed by atoms with Crippen molar-refractivity contribution in [2.45, 2.75) is 5.03 Å². The van der Waals surface area contributed by atoms with Crippen LogP contribution in [-0.4, -0.2) is 21.6 Å². The Hall–Kier alpha value is -2.69. The molecule has 2 heterocycles. The summed E-state index contributed by atoms with van der Waals surface area (Å²) in [4.78, 5) is 20.5. The second kappa shape index (κ2) is 7.73. The first kappa shape index (κ1) is 16.2. The number of anilines is 1. The van der Waals surface area contributed by atoms with Crippen LogP contribution in [0.25, 0.3) is 11.3 Å². The Bertz CT molecular complexity index is 873. The van der Waals surface area contributed by atoms with E-state index in [0.717, 1.165) is 11.3 Å². The number of nitrogens with zero attached hydrogens (tertiary/aromatic N) is 3. The van der Waals surface area contributed by atoms with Crippen molar-refractivity contribution in [3.8, 4) is 17.3 Å². The van der Waals surface area contributed by atoms with Gasteiger partial charge in [-0.1, -0.05) is 42.1 Å². The molecule has 0 unspecified atom stereocenters. The molecule has 1 aromatic carbocycles. The van der Waals surface area contributed by atoms with Crippen LogP contribution < -0.4 is 5.32 Å². The number of thiazole rings is 1. The summed E-state index contributed by atoms with van der Waals surface area (Å²) in [5.74, 6) is -0.00905. The predicted molar refractivity (Wildman–Crippen MR) is 95.9 cm³/mol. The number of carbonyl (C=O) groups is 1. The maximum Gasteiger partial charge on any atom is 0.236 e. The van der Waals surface area contributed by atoms with Gasteiger partial charge in [-0.15, -0.1) is 11.3 Å². The van der Waals surface area contributed by atoms with Gasteiger partial charge in [0, 0.05) is 17.1 Å². The maximum atomic E-state index is 12.0. The third-order valence-corrected chi connectivity index (χ3v) is 4.75. The molecular formula is C17H12N4OS2. The minimum atomic E-state index is -0.175. The minimum absolute atomic E-state index is 0.166. The summed E-state index contributed by atoms with van der Waals surface area (Å²) in [6.07, 6.45) is 1.63. The first-order valence-electron chi connectivity index (χ1n) is 7.05. The summed E-state index contributed by atoms with van der Waals surface area (Å²) in [7, 11) is 0. The first-order valence-corrected chi connectivity index (χ1v) is 8.91. The van der Waals surface area contributed by atoms with Crippen molar-refractivity contribution in [3.63, 3.8) is 0 Å². The highest BCUT2D eigenvalue weighted by Gasteiger charge is 2.11.